The quantitative estimate of drug-likeness (QED) is 0.935. The van der Waals surface area contributed by atoms with Crippen molar-refractivity contribution in [2.24, 2.45) is 23.7 Å². The van der Waals surface area contributed by atoms with E-state index in [0.29, 0.717) is 23.5 Å². The molecule has 0 spiro atoms. The molecule has 3 fully saturated rings. The van der Waals surface area contributed by atoms with E-state index in [1.54, 1.807) is 0 Å². The van der Waals surface area contributed by atoms with Crippen LogP contribution < -0.4 is 0 Å². The maximum Gasteiger partial charge on any atom is 0.169 e. The number of pyridine rings is 1. The molecule has 132 valence electrons. The summed E-state index contributed by atoms with van der Waals surface area (Å²) >= 11 is 0. The van der Waals surface area contributed by atoms with Gasteiger partial charge in [-0.1, -0.05) is 13.8 Å². The number of aromatic amines is 1. The van der Waals surface area contributed by atoms with Crippen molar-refractivity contribution in [1.29, 1.82) is 0 Å². The molecule has 5 heterocycles. The lowest BCUT2D eigenvalue weighted by Crippen LogP contribution is -2.51. The fraction of sp³-hybridized carbons (Fsp3) is 0.650. The van der Waals surface area contributed by atoms with E-state index in [0.717, 1.165) is 47.2 Å². The summed E-state index contributed by atoms with van der Waals surface area (Å²) < 4.78 is 0. The van der Waals surface area contributed by atoms with Crippen molar-refractivity contribution in [1.82, 2.24) is 20.1 Å². The summed E-state index contributed by atoms with van der Waals surface area (Å²) in [5, 5.41) is 8.71. The van der Waals surface area contributed by atoms with Gasteiger partial charge in [0, 0.05) is 24.3 Å². The number of piperidine rings is 3. The van der Waals surface area contributed by atoms with E-state index < -0.39 is 0 Å². The van der Waals surface area contributed by atoms with Crippen molar-refractivity contribution in [2.75, 3.05) is 19.6 Å². The molecule has 25 heavy (non-hydrogen) atoms. The Hall–Kier alpha value is -1.75. The SMILES string of the molecule is CC(C)Cc1ncc2[nH]nc3c2c1C(=O)[C@H](C1CN2CCC1CC2)C3. The summed E-state index contributed by atoms with van der Waals surface area (Å²) in [6, 6.07) is 0. The first-order chi connectivity index (χ1) is 12.1. The summed E-state index contributed by atoms with van der Waals surface area (Å²) in [6.07, 6.45) is 6.02. The molecular formula is C20H26N4O. The lowest BCUT2D eigenvalue weighted by Gasteiger charge is -2.47. The minimum atomic E-state index is 0.0854. The summed E-state index contributed by atoms with van der Waals surface area (Å²) in [5.41, 5.74) is 3.85. The zero-order valence-electron chi connectivity index (χ0n) is 15.1. The van der Waals surface area contributed by atoms with Gasteiger partial charge in [-0.3, -0.25) is 14.9 Å². The van der Waals surface area contributed by atoms with Crippen molar-refractivity contribution in [3.05, 3.63) is 23.1 Å². The fourth-order valence-corrected chi connectivity index (χ4v) is 5.37. The molecule has 1 aliphatic carbocycles. The van der Waals surface area contributed by atoms with E-state index in [1.807, 2.05) is 6.20 Å². The smallest absolute Gasteiger partial charge is 0.169 e. The van der Waals surface area contributed by atoms with E-state index in [9.17, 15) is 4.79 Å². The molecule has 2 aromatic heterocycles. The minimum Gasteiger partial charge on any atom is -0.303 e. The van der Waals surface area contributed by atoms with Crippen LogP contribution in [-0.4, -0.2) is 45.5 Å². The Kier molecular flexibility index (Phi) is 3.49. The molecule has 0 amide bonds. The Morgan fingerprint density at radius 2 is 2.12 bits per heavy atom. The van der Waals surface area contributed by atoms with Gasteiger partial charge in [0.1, 0.15) is 0 Å². The second kappa shape index (κ2) is 5.63. The van der Waals surface area contributed by atoms with Crippen LogP contribution in [-0.2, 0) is 12.8 Å². The van der Waals surface area contributed by atoms with Crippen LogP contribution >= 0.6 is 0 Å². The van der Waals surface area contributed by atoms with Gasteiger partial charge in [-0.15, -0.1) is 0 Å². The van der Waals surface area contributed by atoms with E-state index in [-0.39, 0.29) is 5.92 Å². The van der Waals surface area contributed by atoms with Gasteiger partial charge in [0.15, 0.2) is 5.78 Å². The van der Waals surface area contributed by atoms with Crippen LogP contribution in [0.4, 0.5) is 0 Å². The molecule has 5 nitrogen and oxygen atoms in total. The zero-order chi connectivity index (χ0) is 17.1. The van der Waals surface area contributed by atoms with Crippen LogP contribution in [0.2, 0.25) is 0 Å². The molecule has 4 aliphatic rings. The van der Waals surface area contributed by atoms with Crippen molar-refractivity contribution in [2.45, 2.75) is 39.5 Å². The summed E-state index contributed by atoms with van der Waals surface area (Å²) in [7, 11) is 0. The van der Waals surface area contributed by atoms with Crippen LogP contribution in [0, 0.1) is 23.7 Å². The monoisotopic (exact) mass is 338 g/mol. The molecule has 2 atom stereocenters. The number of carbonyl (C=O) groups is 1. The molecule has 3 saturated heterocycles. The molecule has 0 saturated carbocycles. The lowest BCUT2D eigenvalue weighted by molar-refractivity contribution is 0.0192. The number of carbonyl (C=O) groups excluding carboxylic acids is 1. The number of Topliss-reactive ketones (excluding diaryl/α,β-unsaturated/α-hetero) is 1. The average Bonchev–Trinajstić information content (AvgIpc) is 3.03. The van der Waals surface area contributed by atoms with Gasteiger partial charge >= 0.3 is 0 Å². The summed E-state index contributed by atoms with van der Waals surface area (Å²) in [5.74, 6) is 2.10. The Morgan fingerprint density at radius 3 is 2.80 bits per heavy atom. The Morgan fingerprint density at radius 1 is 1.32 bits per heavy atom. The average molecular weight is 338 g/mol. The minimum absolute atomic E-state index is 0.0854. The summed E-state index contributed by atoms with van der Waals surface area (Å²) in [4.78, 5) is 20.8. The van der Waals surface area contributed by atoms with Crippen LogP contribution in [0.15, 0.2) is 6.20 Å². The summed E-state index contributed by atoms with van der Waals surface area (Å²) in [6.45, 7) is 7.89. The van der Waals surface area contributed by atoms with Crippen molar-refractivity contribution in [3.8, 4) is 0 Å². The molecule has 2 bridgehead atoms. The van der Waals surface area contributed by atoms with Gasteiger partial charge in [0.25, 0.3) is 0 Å². The molecule has 5 heteroatoms. The molecule has 6 rings (SSSR count). The highest BCUT2D eigenvalue weighted by molar-refractivity contribution is 6.12. The first-order valence-electron chi connectivity index (χ1n) is 9.73. The van der Waals surface area contributed by atoms with Crippen molar-refractivity contribution < 1.29 is 4.79 Å². The third-order valence-electron chi connectivity index (χ3n) is 6.58. The van der Waals surface area contributed by atoms with Gasteiger partial charge in [-0.2, -0.15) is 5.10 Å². The molecule has 1 N–H and O–H groups in total. The van der Waals surface area contributed by atoms with E-state index in [4.69, 9.17) is 0 Å². The zero-order valence-corrected chi connectivity index (χ0v) is 15.1. The maximum atomic E-state index is 13.6. The molecule has 0 radical (unpaired) electrons. The predicted molar refractivity (Wildman–Crippen MR) is 96.6 cm³/mol. The predicted octanol–water partition coefficient (Wildman–Crippen LogP) is 2.85. The highest BCUT2D eigenvalue weighted by atomic mass is 16.1. The van der Waals surface area contributed by atoms with E-state index >= 15 is 0 Å². The van der Waals surface area contributed by atoms with Gasteiger partial charge < -0.3 is 4.90 Å². The second-order valence-electron chi connectivity index (χ2n) is 8.61. The highest BCUT2D eigenvalue weighted by Gasteiger charge is 2.44. The number of hydrogen-bond donors (Lipinski definition) is 1. The van der Waals surface area contributed by atoms with Crippen LogP contribution in [0.3, 0.4) is 0 Å². The van der Waals surface area contributed by atoms with Crippen molar-refractivity contribution in [3.63, 3.8) is 0 Å². The number of nitrogens with one attached hydrogen (secondary N) is 1. The van der Waals surface area contributed by atoms with Gasteiger partial charge in [0.2, 0.25) is 0 Å². The number of H-pyrrole nitrogens is 1. The number of ketones is 1. The van der Waals surface area contributed by atoms with Crippen LogP contribution in [0.1, 0.15) is 48.4 Å². The maximum absolute atomic E-state index is 13.6. The number of hydrogen-bond acceptors (Lipinski definition) is 4. The first-order valence-corrected chi connectivity index (χ1v) is 9.73. The molecular weight excluding hydrogens is 312 g/mol. The third-order valence-corrected chi connectivity index (χ3v) is 6.58. The normalized spacial score (nSPS) is 31.2. The fourth-order valence-electron chi connectivity index (χ4n) is 5.37. The van der Waals surface area contributed by atoms with Crippen LogP contribution in [0.25, 0.3) is 10.9 Å². The first kappa shape index (κ1) is 15.5. The standard InChI is InChI=1S/C20H26N4O/c1-11(2)7-15-19-18-16(22-23-17(18)9-21-15)8-13(20(19)25)14-10-24-5-3-12(14)4-6-24/h9,11-14H,3-8,10H2,1-2H3,(H,22,23)/t13-,14?/m0/s1. The van der Waals surface area contributed by atoms with Crippen molar-refractivity contribution >= 4 is 16.7 Å². The van der Waals surface area contributed by atoms with Gasteiger partial charge in [0.05, 0.1) is 28.7 Å². The molecule has 1 unspecified atom stereocenters. The lowest BCUT2D eigenvalue weighted by atomic mass is 9.67. The highest BCUT2D eigenvalue weighted by Crippen LogP contribution is 2.43. The molecule has 2 aromatic rings. The van der Waals surface area contributed by atoms with E-state index in [1.165, 1.54) is 25.9 Å². The van der Waals surface area contributed by atoms with Gasteiger partial charge in [-0.05, 0) is 50.1 Å². The Labute approximate surface area is 148 Å². The third kappa shape index (κ3) is 2.35. The topological polar surface area (TPSA) is 61.9 Å². The number of nitrogens with zero attached hydrogens (tertiary/aromatic N) is 3. The number of rotatable bonds is 3. The number of fused-ring (bicyclic) bond motifs is 3. The second-order valence-corrected chi connectivity index (χ2v) is 8.61. The largest absolute Gasteiger partial charge is 0.303 e. The Balaban J connectivity index is 1.58. The molecule has 0 aromatic carbocycles. The van der Waals surface area contributed by atoms with Gasteiger partial charge in [-0.25, -0.2) is 0 Å². The number of aromatic nitrogens is 3. The van der Waals surface area contributed by atoms with Crippen LogP contribution in [0.5, 0.6) is 0 Å². The molecule has 3 aliphatic heterocycles. The van der Waals surface area contributed by atoms with E-state index in [2.05, 4.69) is 33.9 Å². The Bertz CT molecular complexity index is 832.